The first-order valence-corrected chi connectivity index (χ1v) is 6.97. The molecular weight excluding hydrogens is 304 g/mol. The van der Waals surface area contributed by atoms with Gasteiger partial charge in [-0.25, -0.2) is 4.98 Å². The minimum Gasteiger partial charge on any atom is -0.378 e. The van der Waals surface area contributed by atoms with Crippen LogP contribution in [0.1, 0.15) is 5.69 Å². The van der Waals surface area contributed by atoms with Crippen LogP contribution in [-0.4, -0.2) is 30.7 Å². The molecular formula is C14H19BrN4. The van der Waals surface area contributed by atoms with Crippen molar-refractivity contribution in [3.05, 3.63) is 34.6 Å². The standard InChI is InChI=1S/C14H19BrN4/c1-16-9-12-13(15)19(4)14(17-12)10-5-7-11(8-6-10)18(2)3/h5-8,16H,9H2,1-4H3. The van der Waals surface area contributed by atoms with Crippen molar-refractivity contribution >= 4 is 21.6 Å². The lowest BCUT2D eigenvalue weighted by atomic mass is 10.2. The molecule has 0 atom stereocenters. The van der Waals surface area contributed by atoms with E-state index in [0.717, 1.165) is 28.2 Å². The van der Waals surface area contributed by atoms with Gasteiger partial charge in [0.25, 0.3) is 0 Å². The predicted octanol–water partition coefficient (Wildman–Crippen LogP) is 2.64. The molecule has 0 unspecified atom stereocenters. The fourth-order valence-electron chi connectivity index (χ4n) is 1.98. The molecule has 1 N–H and O–H groups in total. The van der Waals surface area contributed by atoms with Crippen molar-refractivity contribution in [2.45, 2.75) is 6.54 Å². The smallest absolute Gasteiger partial charge is 0.140 e. The van der Waals surface area contributed by atoms with Crippen LogP contribution in [0.2, 0.25) is 0 Å². The number of hydrogen-bond donors (Lipinski definition) is 1. The Morgan fingerprint density at radius 3 is 2.42 bits per heavy atom. The molecule has 0 amide bonds. The molecule has 0 saturated carbocycles. The minimum absolute atomic E-state index is 0.754. The van der Waals surface area contributed by atoms with E-state index in [4.69, 9.17) is 0 Å². The first kappa shape index (κ1) is 14.1. The van der Waals surface area contributed by atoms with Gasteiger partial charge < -0.3 is 14.8 Å². The molecule has 0 aliphatic heterocycles. The van der Waals surface area contributed by atoms with Gasteiger partial charge >= 0.3 is 0 Å². The van der Waals surface area contributed by atoms with Crippen LogP contribution in [0.5, 0.6) is 0 Å². The predicted molar refractivity (Wildman–Crippen MR) is 83.4 cm³/mol. The van der Waals surface area contributed by atoms with E-state index in [1.165, 1.54) is 5.69 Å². The van der Waals surface area contributed by atoms with Gasteiger partial charge in [0.2, 0.25) is 0 Å². The highest BCUT2D eigenvalue weighted by Gasteiger charge is 2.13. The van der Waals surface area contributed by atoms with Gasteiger partial charge in [-0.2, -0.15) is 0 Å². The van der Waals surface area contributed by atoms with Crippen LogP contribution in [0.25, 0.3) is 11.4 Å². The van der Waals surface area contributed by atoms with Crippen LogP contribution in [0, 0.1) is 0 Å². The number of benzene rings is 1. The fraction of sp³-hybridized carbons (Fsp3) is 0.357. The molecule has 1 heterocycles. The summed E-state index contributed by atoms with van der Waals surface area (Å²) in [7, 11) is 8.02. The van der Waals surface area contributed by atoms with Gasteiger partial charge in [-0.3, -0.25) is 0 Å². The highest BCUT2D eigenvalue weighted by molar-refractivity contribution is 9.10. The van der Waals surface area contributed by atoms with Crippen molar-refractivity contribution in [1.82, 2.24) is 14.9 Å². The summed E-state index contributed by atoms with van der Waals surface area (Å²) >= 11 is 3.59. The molecule has 0 bridgehead atoms. The van der Waals surface area contributed by atoms with Gasteiger partial charge in [0.15, 0.2) is 0 Å². The van der Waals surface area contributed by atoms with Crippen molar-refractivity contribution in [3.8, 4) is 11.4 Å². The van der Waals surface area contributed by atoms with Gasteiger partial charge in [-0.15, -0.1) is 0 Å². The number of halogens is 1. The summed E-state index contributed by atoms with van der Waals surface area (Å²) in [6.07, 6.45) is 0. The van der Waals surface area contributed by atoms with Crippen molar-refractivity contribution in [2.24, 2.45) is 7.05 Å². The summed E-state index contributed by atoms with van der Waals surface area (Å²) in [4.78, 5) is 6.77. The molecule has 0 saturated heterocycles. The second kappa shape index (κ2) is 5.75. The van der Waals surface area contributed by atoms with Gasteiger partial charge in [0.05, 0.1) is 5.69 Å². The Labute approximate surface area is 122 Å². The topological polar surface area (TPSA) is 33.1 Å². The van der Waals surface area contributed by atoms with E-state index >= 15 is 0 Å². The number of anilines is 1. The largest absolute Gasteiger partial charge is 0.378 e. The molecule has 102 valence electrons. The number of nitrogens with one attached hydrogen (secondary N) is 1. The SMILES string of the molecule is CNCc1nc(-c2ccc(N(C)C)cc2)n(C)c1Br. The average Bonchev–Trinajstić information content (AvgIpc) is 2.68. The highest BCUT2D eigenvalue weighted by Crippen LogP contribution is 2.26. The average molecular weight is 323 g/mol. The molecule has 2 rings (SSSR count). The van der Waals surface area contributed by atoms with E-state index in [2.05, 4.69) is 60.0 Å². The van der Waals surface area contributed by atoms with Crippen molar-refractivity contribution in [3.63, 3.8) is 0 Å². The number of aromatic nitrogens is 2. The summed E-state index contributed by atoms with van der Waals surface area (Å²) in [5.74, 6) is 0.974. The number of nitrogens with zero attached hydrogens (tertiary/aromatic N) is 3. The third-order valence-corrected chi connectivity index (χ3v) is 4.07. The molecule has 19 heavy (non-hydrogen) atoms. The molecule has 0 aliphatic rings. The van der Waals surface area contributed by atoms with Crippen molar-refractivity contribution in [2.75, 3.05) is 26.0 Å². The Morgan fingerprint density at radius 1 is 1.26 bits per heavy atom. The molecule has 0 fully saturated rings. The fourth-order valence-corrected chi connectivity index (χ4v) is 2.38. The molecule has 1 aromatic heterocycles. The minimum atomic E-state index is 0.754. The van der Waals surface area contributed by atoms with Crippen LogP contribution >= 0.6 is 15.9 Å². The lowest BCUT2D eigenvalue weighted by Gasteiger charge is -2.12. The zero-order valence-electron chi connectivity index (χ0n) is 11.7. The third kappa shape index (κ3) is 2.82. The molecule has 4 nitrogen and oxygen atoms in total. The Morgan fingerprint density at radius 2 is 1.89 bits per heavy atom. The molecule has 0 spiro atoms. The van der Waals surface area contributed by atoms with E-state index in [0.29, 0.717) is 0 Å². The zero-order valence-corrected chi connectivity index (χ0v) is 13.3. The highest BCUT2D eigenvalue weighted by atomic mass is 79.9. The second-order valence-electron chi connectivity index (χ2n) is 4.70. The van der Waals surface area contributed by atoms with E-state index in [1.807, 2.05) is 28.2 Å². The van der Waals surface area contributed by atoms with Crippen LogP contribution in [-0.2, 0) is 13.6 Å². The number of imidazole rings is 1. The van der Waals surface area contributed by atoms with Crippen LogP contribution in [0.3, 0.4) is 0 Å². The van der Waals surface area contributed by atoms with Crippen molar-refractivity contribution in [1.29, 1.82) is 0 Å². The molecule has 1 aromatic carbocycles. The molecule has 0 radical (unpaired) electrons. The molecule has 0 aliphatic carbocycles. The maximum absolute atomic E-state index is 4.68. The Balaban J connectivity index is 2.38. The summed E-state index contributed by atoms with van der Waals surface area (Å²) in [6, 6.07) is 8.42. The first-order chi connectivity index (χ1) is 9.04. The van der Waals surface area contributed by atoms with Crippen LogP contribution < -0.4 is 10.2 Å². The third-order valence-electron chi connectivity index (χ3n) is 3.08. The van der Waals surface area contributed by atoms with E-state index < -0.39 is 0 Å². The Kier molecular flexibility index (Phi) is 4.27. The zero-order chi connectivity index (χ0) is 14.0. The molecule has 2 aromatic rings. The van der Waals surface area contributed by atoms with E-state index in [1.54, 1.807) is 0 Å². The van der Waals surface area contributed by atoms with E-state index in [-0.39, 0.29) is 0 Å². The van der Waals surface area contributed by atoms with Crippen LogP contribution in [0.4, 0.5) is 5.69 Å². The second-order valence-corrected chi connectivity index (χ2v) is 5.45. The lowest BCUT2D eigenvalue weighted by Crippen LogP contribution is -2.08. The summed E-state index contributed by atoms with van der Waals surface area (Å²) in [5.41, 5.74) is 3.33. The van der Waals surface area contributed by atoms with Gasteiger partial charge in [-0.05, 0) is 47.2 Å². The van der Waals surface area contributed by atoms with Crippen LogP contribution in [0.15, 0.2) is 28.9 Å². The van der Waals surface area contributed by atoms with Gasteiger partial charge in [0.1, 0.15) is 10.4 Å². The number of hydrogen-bond acceptors (Lipinski definition) is 3. The summed E-state index contributed by atoms with van der Waals surface area (Å²) in [6.45, 7) is 0.754. The quantitative estimate of drug-likeness (QED) is 0.939. The monoisotopic (exact) mass is 322 g/mol. The summed E-state index contributed by atoms with van der Waals surface area (Å²) in [5, 5.41) is 3.13. The summed E-state index contributed by atoms with van der Waals surface area (Å²) < 4.78 is 3.09. The van der Waals surface area contributed by atoms with Gasteiger partial charge in [0, 0.05) is 38.9 Å². The van der Waals surface area contributed by atoms with E-state index in [9.17, 15) is 0 Å². The maximum Gasteiger partial charge on any atom is 0.140 e. The maximum atomic E-state index is 4.68. The van der Waals surface area contributed by atoms with Gasteiger partial charge in [-0.1, -0.05) is 0 Å². The normalized spacial score (nSPS) is 10.8. The van der Waals surface area contributed by atoms with Crippen molar-refractivity contribution < 1.29 is 0 Å². The first-order valence-electron chi connectivity index (χ1n) is 6.18. The Hall–Kier alpha value is -1.33. The number of rotatable bonds is 4. The lowest BCUT2D eigenvalue weighted by molar-refractivity contribution is 0.788. The molecule has 5 heteroatoms. The Bertz CT molecular complexity index is 558.